The molecule has 1 aliphatic rings. The van der Waals surface area contributed by atoms with Crippen molar-refractivity contribution in [2.24, 2.45) is 0 Å². The summed E-state index contributed by atoms with van der Waals surface area (Å²) < 4.78 is 0. The van der Waals surface area contributed by atoms with Crippen LogP contribution in [-0.4, -0.2) is 48.1 Å². The minimum absolute atomic E-state index is 0.0200. The Morgan fingerprint density at radius 3 is 2.37 bits per heavy atom. The monoisotopic (exact) mass is 269 g/mol. The molecule has 1 rings (SSSR count). The van der Waals surface area contributed by atoms with Crippen LogP contribution in [0.1, 0.15) is 53.9 Å². The third-order valence-corrected chi connectivity index (χ3v) is 4.29. The van der Waals surface area contributed by atoms with Gasteiger partial charge in [0.05, 0.1) is 6.04 Å². The van der Waals surface area contributed by atoms with Gasteiger partial charge in [-0.15, -0.1) is 0 Å². The van der Waals surface area contributed by atoms with Crippen molar-refractivity contribution in [3.63, 3.8) is 0 Å². The molecule has 1 aliphatic heterocycles. The fourth-order valence-electron chi connectivity index (χ4n) is 2.47. The van der Waals surface area contributed by atoms with Gasteiger partial charge in [-0.05, 0) is 46.6 Å². The molecule has 4 nitrogen and oxygen atoms in total. The molecular weight excluding hydrogens is 238 g/mol. The second-order valence-electron chi connectivity index (χ2n) is 6.27. The first-order valence-corrected chi connectivity index (χ1v) is 7.69. The Morgan fingerprint density at radius 2 is 1.89 bits per heavy atom. The maximum Gasteiger partial charge on any atom is 0.237 e. The molecule has 19 heavy (non-hydrogen) atoms. The van der Waals surface area contributed by atoms with Crippen LogP contribution in [0.3, 0.4) is 0 Å². The maximum absolute atomic E-state index is 12.3. The third-order valence-electron chi connectivity index (χ3n) is 4.29. The number of nitrogens with one attached hydrogen (secondary N) is 2. The average molecular weight is 269 g/mol. The number of carbonyl (C=O) groups is 1. The highest BCUT2D eigenvalue weighted by molar-refractivity contribution is 5.82. The van der Waals surface area contributed by atoms with Gasteiger partial charge in [0.15, 0.2) is 0 Å². The summed E-state index contributed by atoms with van der Waals surface area (Å²) in [5.74, 6) is 0.161. The first-order valence-electron chi connectivity index (χ1n) is 7.69. The van der Waals surface area contributed by atoms with E-state index in [-0.39, 0.29) is 17.5 Å². The summed E-state index contributed by atoms with van der Waals surface area (Å²) in [7, 11) is 0. The fourth-order valence-corrected chi connectivity index (χ4v) is 2.47. The third kappa shape index (κ3) is 5.11. The number of hydrogen-bond donors (Lipinski definition) is 2. The van der Waals surface area contributed by atoms with Crippen LogP contribution in [0, 0.1) is 0 Å². The number of carbonyl (C=O) groups excluding carboxylic acids is 1. The van der Waals surface area contributed by atoms with E-state index in [2.05, 4.69) is 43.2 Å². The van der Waals surface area contributed by atoms with Gasteiger partial charge in [0.2, 0.25) is 5.91 Å². The fraction of sp³-hybridized carbons (Fsp3) is 0.933. The summed E-state index contributed by atoms with van der Waals surface area (Å²) in [5.41, 5.74) is -0.104. The van der Waals surface area contributed by atoms with Gasteiger partial charge in [0, 0.05) is 24.7 Å². The van der Waals surface area contributed by atoms with E-state index in [1.165, 1.54) is 0 Å². The molecule has 0 spiro atoms. The molecule has 1 unspecified atom stereocenters. The smallest absolute Gasteiger partial charge is 0.237 e. The Bertz CT molecular complexity index is 283. The summed E-state index contributed by atoms with van der Waals surface area (Å²) in [4.78, 5) is 14.6. The van der Waals surface area contributed by atoms with Crippen LogP contribution in [-0.2, 0) is 4.79 Å². The minimum atomic E-state index is -0.104. The number of likely N-dealkylation sites (tertiary alicyclic amines) is 1. The van der Waals surface area contributed by atoms with Gasteiger partial charge in [-0.25, -0.2) is 0 Å². The van der Waals surface area contributed by atoms with Crippen LogP contribution in [0.25, 0.3) is 0 Å². The highest BCUT2D eigenvalue weighted by Gasteiger charge is 2.28. The van der Waals surface area contributed by atoms with Crippen molar-refractivity contribution in [3.8, 4) is 0 Å². The molecular formula is C15H31N3O. The predicted molar refractivity (Wildman–Crippen MR) is 80.2 cm³/mol. The molecule has 0 aromatic heterocycles. The highest BCUT2D eigenvalue weighted by atomic mass is 16.2. The molecule has 112 valence electrons. The summed E-state index contributed by atoms with van der Waals surface area (Å²) in [5, 5.41) is 6.64. The number of amides is 1. The lowest BCUT2D eigenvalue weighted by molar-refractivity contribution is -0.128. The predicted octanol–water partition coefficient (Wildman–Crippen LogP) is 1.75. The van der Waals surface area contributed by atoms with Gasteiger partial charge in [-0.2, -0.15) is 0 Å². The second-order valence-corrected chi connectivity index (χ2v) is 6.27. The van der Waals surface area contributed by atoms with Crippen LogP contribution < -0.4 is 10.6 Å². The molecule has 1 heterocycles. The lowest BCUT2D eigenvalue weighted by Gasteiger charge is -2.37. The van der Waals surface area contributed by atoms with Gasteiger partial charge >= 0.3 is 0 Å². The van der Waals surface area contributed by atoms with Crippen molar-refractivity contribution in [3.05, 3.63) is 0 Å². The van der Waals surface area contributed by atoms with E-state index >= 15 is 0 Å². The van der Waals surface area contributed by atoms with Crippen LogP contribution >= 0.6 is 0 Å². The van der Waals surface area contributed by atoms with E-state index in [1.54, 1.807) is 0 Å². The molecule has 4 heteroatoms. The molecule has 1 atom stereocenters. The largest absolute Gasteiger partial charge is 0.350 e. The van der Waals surface area contributed by atoms with Crippen LogP contribution in [0.4, 0.5) is 0 Å². The van der Waals surface area contributed by atoms with Crippen molar-refractivity contribution in [2.45, 2.75) is 71.5 Å². The number of hydrogen-bond acceptors (Lipinski definition) is 3. The van der Waals surface area contributed by atoms with Gasteiger partial charge < -0.3 is 10.6 Å². The van der Waals surface area contributed by atoms with Gasteiger partial charge in [0.25, 0.3) is 0 Å². The van der Waals surface area contributed by atoms with Crippen molar-refractivity contribution < 1.29 is 4.79 Å². The van der Waals surface area contributed by atoms with Gasteiger partial charge in [0.1, 0.15) is 0 Å². The van der Waals surface area contributed by atoms with E-state index in [0.717, 1.165) is 38.9 Å². The molecule has 0 bridgehead atoms. The van der Waals surface area contributed by atoms with E-state index in [0.29, 0.717) is 6.04 Å². The molecule has 0 radical (unpaired) electrons. The summed E-state index contributed by atoms with van der Waals surface area (Å²) in [6, 6.07) is 0.608. The molecule has 0 saturated carbocycles. The zero-order valence-electron chi connectivity index (χ0n) is 13.3. The van der Waals surface area contributed by atoms with E-state index in [4.69, 9.17) is 0 Å². The molecule has 1 amide bonds. The molecule has 0 aromatic rings. The van der Waals surface area contributed by atoms with E-state index in [1.807, 2.05) is 6.92 Å². The number of nitrogens with zero attached hydrogens (tertiary/aromatic N) is 1. The number of piperidine rings is 1. The van der Waals surface area contributed by atoms with E-state index in [9.17, 15) is 4.79 Å². The second kappa shape index (κ2) is 7.25. The summed E-state index contributed by atoms with van der Waals surface area (Å²) in [6.45, 7) is 13.5. The molecule has 0 aliphatic carbocycles. The Morgan fingerprint density at radius 1 is 1.32 bits per heavy atom. The normalized spacial score (nSPS) is 20.3. The van der Waals surface area contributed by atoms with Crippen LogP contribution in [0.15, 0.2) is 0 Å². The minimum Gasteiger partial charge on any atom is -0.350 e. The highest BCUT2D eigenvalue weighted by Crippen LogP contribution is 2.15. The first-order chi connectivity index (χ1) is 8.89. The average Bonchev–Trinajstić information content (AvgIpc) is 2.38. The topological polar surface area (TPSA) is 44.4 Å². The standard InChI is InChI=1S/C15H31N3O/c1-6-15(4,5)17-14(19)12(3)18-10-8-13(9-11-18)16-7-2/h12-13,16H,6-11H2,1-5H3,(H,17,19). The van der Waals surface area contributed by atoms with Crippen molar-refractivity contribution >= 4 is 5.91 Å². The van der Waals surface area contributed by atoms with Crippen LogP contribution in [0.2, 0.25) is 0 Å². The summed E-state index contributed by atoms with van der Waals surface area (Å²) in [6.07, 6.45) is 3.24. The SMILES string of the molecule is CCNC1CCN(C(C)C(=O)NC(C)(C)CC)CC1. The maximum atomic E-state index is 12.3. The van der Waals surface area contributed by atoms with Crippen molar-refractivity contribution in [2.75, 3.05) is 19.6 Å². The van der Waals surface area contributed by atoms with Crippen LogP contribution in [0.5, 0.6) is 0 Å². The quantitative estimate of drug-likeness (QED) is 0.772. The Hall–Kier alpha value is -0.610. The van der Waals surface area contributed by atoms with Crippen molar-refractivity contribution in [1.29, 1.82) is 0 Å². The summed E-state index contributed by atoms with van der Waals surface area (Å²) >= 11 is 0. The molecule has 1 saturated heterocycles. The lowest BCUT2D eigenvalue weighted by Crippen LogP contribution is -2.54. The van der Waals surface area contributed by atoms with Gasteiger partial charge in [-0.1, -0.05) is 13.8 Å². The Kier molecular flexibility index (Phi) is 6.27. The molecule has 0 aromatic carbocycles. The lowest BCUT2D eigenvalue weighted by atomic mass is 10.00. The number of rotatable bonds is 6. The molecule has 2 N–H and O–H groups in total. The first kappa shape index (κ1) is 16.4. The Labute approximate surface area is 118 Å². The van der Waals surface area contributed by atoms with Crippen molar-refractivity contribution in [1.82, 2.24) is 15.5 Å². The zero-order valence-corrected chi connectivity index (χ0v) is 13.3. The zero-order chi connectivity index (χ0) is 14.5. The molecule has 1 fully saturated rings. The van der Waals surface area contributed by atoms with E-state index < -0.39 is 0 Å². The van der Waals surface area contributed by atoms with Gasteiger partial charge in [-0.3, -0.25) is 9.69 Å². The Balaban J connectivity index is 2.42.